The van der Waals surface area contributed by atoms with Crippen LogP contribution in [0.1, 0.15) is 53.0 Å². The summed E-state index contributed by atoms with van der Waals surface area (Å²) >= 11 is 0. The molecule has 0 bridgehead atoms. The fourth-order valence-corrected chi connectivity index (χ4v) is 3.82. The molecule has 1 aliphatic rings. The molecule has 4 heteroatoms. The Morgan fingerprint density at radius 2 is 2.00 bits per heavy atom. The van der Waals surface area contributed by atoms with Crippen molar-refractivity contribution in [2.45, 2.75) is 52.2 Å². The molecule has 1 amide bonds. The van der Waals surface area contributed by atoms with E-state index in [1.54, 1.807) is 0 Å². The number of benzene rings is 1. The molecule has 2 N–H and O–H groups in total. The molecule has 4 nitrogen and oxygen atoms in total. The SMILES string of the molecule is Cc1cc(C(=O)NCC2CCCC(O)C2)c(C)n1Cc1ccccc1. The first-order chi connectivity index (χ1) is 12.0. The maximum atomic E-state index is 12.6. The number of carbonyl (C=O) groups excluding carboxylic acids is 1. The van der Waals surface area contributed by atoms with Gasteiger partial charge in [0.05, 0.1) is 11.7 Å². The molecule has 0 spiro atoms. The predicted octanol–water partition coefficient (Wildman–Crippen LogP) is 3.43. The molecule has 1 aromatic carbocycles. The molecule has 2 unspecified atom stereocenters. The average Bonchev–Trinajstić information content (AvgIpc) is 2.89. The van der Waals surface area contributed by atoms with E-state index in [9.17, 15) is 9.90 Å². The maximum Gasteiger partial charge on any atom is 0.253 e. The molecule has 0 saturated heterocycles. The van der Waals surface area contributed by atoms with Crippen LogP contribution >= 0.6 is 0 Å². The van der Waals surface area contributed by atoms with Crippen LogP contribution in [-0.2, 0) is 6.54 Å². The highest BCUT2D eigenvalue weighted by Gasteiger charge is 2.22. The molecule has 1 aromatic heterocycles. The zero-order valence-electron chi connectivity index (χ0n) is 15.2. The number of rotatable bonds is 5. The number of nitrogens with one attached hydrogen (secondary N) is 1. The largest absolute Gasteiger partial charge is 0.393 e. The molecule has 0 aliphatic heterocycles. The second-order valence-corrected chi connectivity index (χ2v) is 7.25. The molecule has 3 rings (SSSR count). The Kier molecular flexibility index (Phi) is 5.59. The van der Waals surface area contributed by atoms with Crippen molar-refractivity contribution in [3.8, 4) is 0 Å². The van der Waals surface area contributed by atoms with Gasteiger partial charge in [0.15, 0.2) is 0 Å². The second kappa shape index (κ2) is 7.87. The predicted molar refractivity (Wildman–Crippen MR) is 99.7 cm³/mol. The minimum Gasteiger partial charge on any atom is -0.393 e. The smallest absolute Gasteiger partial charge is 0.253 e. The monoisotopic (exact) mass is 340 g/mol. The lowest BCUT2D eigenvalue weighted by atomic mass is 9.87. The first-order valence-electron chi connectivity index (χ1n) is 9.21. The Morgan fingerprint density at radius 3 is 2.72 bits per heavy atom. The standard InChI is InChI=1S/C21H28N2O2/c1-15-11-20(16(2)23(15)14-17-7-4-3-5-8-17)21(25)22-13-18-9-6-10-19(24)12-18/h3-5,7-8,11,18-19,24H,6,9-10,12-14H2,1-2H3,(H,22,25). The normalized spacial score (nSPS) is 20.4. The summed E-state index contributed by atoms with van der Waals surface area (Å²) in [6, 6.07) is 12.3. The lowest BCUT2D eigenvalue weighted by Gasteiger charge is -2.25. The van der Waals surface area contributed by atoms with Crippen LogP contribution in [0.3, 0.4) is 0 Å². The Morgan fingerprint density at radius 1 is 1.24 bits per heavy atom. The van der Waals surface area contributed by atoms with Gasteiger partial charge in [0.2, 0.25) is 0 Å². The van der Waals surface area contributed by atoms with E-state index >= 15 is 0 Å². The van der Waals surface area contributed by atoms with Gasteiger partial charge in [-0.05, 0) is 50.7 Å². The fourth-order valence-electron chi connectivity index (χ4n) is 3.82. The van der Waals surface area contributed by atoms with Gasteiger partial charge >= 0.3 is 0 Å². The molecule has 2 aromatic rings. The summed E-state index contributed by atoms with van der Waals surface area (Å²) in [6.07, 6.45) is 3.63. The summed E-state index contributed by atoms with van der Waals surface area (Å²) in [5.74, 6) is 0.382. The maximum absolute atomic E-state index is 12.6. The first-order valence-corrected chi connectivity index (χ1v) is 9.21. The van der Waals surface area contributed by atoms with E-state index in [1.165, 1.54) is 5.56 Å². The quantitative estimate of drug-likeness (QED) is 0.876. The zero-order chi connectivity index (χ0) is 17.8. The van der Waals surface area contributed by atoms with Crippen molar-refractivity contribution in [3.05, 3.63) is 58.9 Å². The van der Waals surface area contributed by atoms with Gasteiger partial charge in [-0.3, -0.25) is 4.79 Å². The summed E-state index contributed by atoms with van der Waals surface area (Å²) in [6.45, 7) is 5.48. The number of aliphatic hydroxyl groups is 1. The van der Waals surface area contributed by atoms with Crippen molar-refractivity contribution in [1.29, 1.82) is 0 Å². The third-order valence-electron chi connectivity index (χ3n) is 5.31. The molecule has 0 radical (unpaired) electrons. The van der Waals surface area contributed by atoms with Crippen LogP contribution in [-0.4, -0.2) is 28.2 Å². The van der Waals surface area contributed by atoms with E-state index in [2.05, 4.69) is 22.0 Å². The summed E-state index contributed by atoms with van der Waals surface area (Å²) in [4.78, 5) is 12.6. The molecule has 1 aliphatic carbocycles. The Bertz CT molecular complexity index is 721. The second-order valence-electron chi connectivity index (χ2n) is 7.25. The molecule has 1 heterocycles. The van der Waals surface area contributed by atoms with Crippen molar-refractivity contribution >= 4 is 5.91 Å². The minimum absolute atomic E-state index is 0.00697. The van der Waals surface area contributed by atoms with E-state index in [1.807, 2.05) is 38.1 Å². The molecule has 2 atom stereocenters. The summed E-state index contributed by atoms with van der Waals surface area (Å²) < 4.78 is 2.19. The van der Waals surface area contributed by atoms with Crippen molar-refractivity contribution in [2.24, 2.45) is 5.92 Å². The van der Waals surface area contributed by atoms with E-state index in [-0.39, 0.29) is 12.0 Å². The van der Waals surface area contributed by atoms with Gasteiger partial charge in [0, 0.05) is 24.5 Å². The molecule has 134 valence electrons. The summed E-state index contributed by atoms with van der Waals surface area (Å²) in [7, 11) is 0. The van der Waals surface area contributed by atoms with E-state index in [0.29, 0.717) is 12.5 Å². The Labute approximate surface area is 149 Å². The number of hydrogen-bond donors (Lipinski definition) is 2. The van der Waals surface area contributed by atoms with Gasteiger partial charge in [-0.25, -0.2) is 0 Å². The number of amides is 1. The Balaban J connectivity index is 1.66. The zero-order valence-corrected chi connectivity index (χ0v) is 15.2. The molecule has 1 fully saturated rings. The molecule has 1 saturated carbocycles. The van der Waals surface area contributed by atoms with Gasteiger partial charge in [-0.15, -0.1) is 0 Å². The topological polar surface area (TPSA) is 54.3 Å². The van der Waals surface area contributed by atoms with Gasteiger partial charge < -0.3 is 15.0 Å². The van der Waals surface area contributed by atoms with E-state index < -0.39 is 0 Å². The first kappa shape index (κ1) is 17.7. The van der Waals surface area contributed by atoms with Gasteiger partial charge in [0.25, 0.3) is 5.91 Å². The van der Waals surface area contributed by atoms with Crippen LogP contribution in [0.5, 0.6) is 0 Å². The van der Waals surface area contributed by atoms with Crippen molar-refractivity contribution in [2.75, 3.05) is 6.54 Å². The molecular weight excluding hydrogens is 312 g/mol. The van der Waals surface area contributed by atoms with Crippen LogP contribution in [0.4, 0.5) is 0 Å². The lowest BCUT2D eigenvalue weighted by molar-refractivity contribution is 0.0873. The molecular formula is C21H28N2O2. The summed E-state index contributed by atoms with van der Waals surface area (Å²) in [5.41, 5.74) is 4.08. The molecule has 25 heavy (non-hydrogen) atoms. The lowest BCUT2D eigenvalue weighted by Crippen LogP contribution is -2.33. The highest BCUT2D eigenvalue weighted by Crippen LogP contribution is 2.24. The third-order valence-corrected chi connectivity index (χ3v) is 5.31. The van der Waals surface area contributed by atoms with Crippen LogP contribution in [0.15, 0.2) is 36.4 Å². The van der Waals surface area contributed by atoms with Gasteiger partial charge in [-0.2, -0.15) is 0 Å². The van der Waals surface area contributed by atoms with Gasteiger partial charge in [0.1, 0.15) is 0 Å². The van der Waals surface area contributed by atoms with Crippen LogP contribution < -0.4 is 5.32 Å². The average molecular weight is 340 g/mol. The number of aliphatic hydroxyl groups excluding tert-OH is 1. The van der Waals surface area contributed by atoms with Crippen molar-refractivity contribution in [3.63, 3.8) is 0 Å². The Hall–Kier alpha value is -2.07. The highest BCUT2D eigenvalue weighted by atomic mass is 16.3. The summed E-state index contributed by atoms with van der Waals surface area (Å²) in [5, 5.41) is 12.8. The number of carbonyl (C=O) groups is 1. The van der Waals surface area contributed by atoms with Crippen LogP contribution in [0.25, 0.3) is 0 Å². The van der Waals surface area contributed by atoms with E-state index in [4.69, 9.17) is 0 Å². The number of hydrogen-bond acceptors (Lipinski definition) is 2. The van der Waals surface area contributed by atoms with Crippen LogP contribution in [0.2, 0.25) is 0 Å². The number of aromatic nitrogens is 1. The number of aryl methyl sites for hydroxylation is 1. The van der Waals surface area contributed by atoms with Crippen LogP contribution in [0, 0.1) is 19.8 Å². The number of nitrogens with zero attached hydrogens (tertiary/aromatic N) is 1. The highest BCUT2D eigenvalue weighted by molar-refractivity contribution is 5.95. The third kappa shape index (κ3) is 4.31. The van der Waals surface area contributed by atoms with Crippen molar-refractivity contribution < 1.29 is 9.90 Å². The van der Waals surface area contributed by atoms with Gasteiger partial charge in [-0.1, -0.05) is 36.8 Å². The minimum atomic E-state index is -0.202. The van der Waals surface area contributed by atoms with Crippen molar-refractivity contribution in [1.82, 2.24) is 9.88 Å². The fraction of sp³-hybridized carbons (Fsp3) is 0.476. The van der Waals surface area contributed by atoms with E-state index in [0.717, 1.165) is 49.2 Å².